The maximum Gasteiger partial charge on any atom is 0.142 e. The second-order valence-corrected chi connectivity index (χ2v) is 7.49. The molecule has 1 heterocycles. The molecule has 0 spiro atoms. The molecule has 0 saturated heterocycles. The second-order valence-electron chi connectivity index (χ2n) is 7.49. The van der Waals surface area contributed by atoms with Crippen LogP contribution in [0.25, 0.3) is 22.2 Å². The van der Waals surface area contributed by atoms with Gasteiger partial charge in [0.25, 0.3) is 0 Å². The molecule has 0 aliphatic heterocycles. The first kappa shape index (κ1) is 18.0. The van der Waals surface area contributed by atoms with Crippen LogP contribution in [0, 0.1) is 30.6 Å². The molecule has 1 aromatic heterocycles. The maximum atomic E-state index is 10.2. The summed E-state index contributed by atoms with van der Waals surface area (Å²) in [7, 11) is 0. The highest BCUT2D eigenvalue weighted by molar-refractivity contribution is 6.20. The van der Waals surface area contributed by atoms with E-state index in [1.165, 1.54) is 5.56 Å². The van der Waals surface area contributed by atoms with Crippen molar-refractivity contribution in [2.75, 3.05) is 5.73 Å². The number of nitrogen functional groups attached to an aromatic ring is 1. The Morgan fingerprint density at radius 3 is 2.43 bits per heavy atom. The van der Waals surface area contributed by atoms with Gasteiger partial charge in [-0.3, -0.25) is 5.41 Å². The molecule has 0 saturated carbocycles. The Hall–Kier alpha value is -3.39. The van der Waals surface area contributed by atoms with Gasteiger partial charge in [0.05, 0.1) is 11.2 Å². The maximum absolute atomic E-state index is 10.2. The number of phenolic OH excluding ortho intramolecular Hbond substituents is 1. The average molecular weight is 370 g/mol. The number of anilines is 1. The zero-order valence-corrected chi connectivity index (χ0v) is 16.1. The van der Waals surface area contributed by atoms with Crippen molar-refractivity contribution in [2.45, 2.75) is 39.5 Å². The molecular weight excluding hydrogens is 348 g/mol. The molecule has 5 heteroatoms. The third kappa shape index (κ3) is 2.69. The van der Waals surface area contributed by atoms with Crippen LogP contribution in [0.4, 0.5) is 5.69 Å². The van der Waals surface area contributed by atoms with Gasteiger partial charge < -0.3 is 10.8 Å². The Bertz CT molecular complexity index is 1160. The number of nitrogens with one attached hydrogen (secondary N) is 1. The molecule has 0 atom stereocenters. The molecule has 0 unspecified atom stereocenters. The number of benzene rings is 2. The fourth-order valence-electron chi connectivity index (χ4n) is 4.29. The summed E-state index contributed by atoms with van der Waals surface area (Å²) in [6.45, 7) is 3.79. The van der Waals surface area contributed by atoms with Crippen LogP contribution < -0.4 is 5.73 Å². The standard InChI is InChI=1S/C23H22N4O/c1-12-9-14(10-13(2)23(12)28)22-16-6-4-3-5-15(16)20-19(27-22)8-7-17(25)21(20)18(26)11-24/h7-10,26,28H,3-6,25H2,1-2H3. The zero-order chi connectivity index (χ0) is 20.0. The third-order valence-electron chi connectivity index (χ3n) is 5.63. The van der Waals surface area contributed by atoms with E-state index in [-0.39, 0.29) is 5.71 Å². The fraction of sp³-hybridized carbons (Fsp3) is 0.261. The number of phenols is 1. The summed E-state index contributed by atoms with van der Waals surface area (Å²) in [6.07, 6.45) is 3.93. The molecule has 140 valence electrons. The van der Waals surface area contributed by atoms with Gasteiger partial charge in [0, 0.05) is 22.2 Å². The lowest BCUT2D eigenvalue weighted by atomic mass is 9.84. The number of rotatable bonds is 2. The van der Waals surface area contributed by atoms with Crippen molar-refractivity contribution < 1.29 is 5.11 Å². The van der Waals surface area contributed by atoms with Gasteiger partial charge in [-0.05, 0) is 86.1 Å². The van der Waals surface area contributed by atoms with Crippen molar-refractivity contribution in [1.29, 1.82) is 10.7 Å². The summed E-state index contributed by atoms with van der Waals surface area (Å²) >= 11 is 0. The molecule has 0 bridgehead atoms. The number of aryl methyl sites for hydroxylation is 3. The SMILES string of the molecule is Cc1cc(-c2nc3ccc(N)c(C(=N)C#N)c3c3c2CCCC3)cc(C)c1O. The highest BCUT2D eigenvalue weighted by Crippen LogP contribution is 2.39. The Morgan fingerprint density at radius 2 is 1.79 bits per heavy atom. The predicted octanol–water partition coefficient (Wildman–Crippen LogP) is 4.58. The van der Waals surface area contributed by atoms with E-state index in [1.807, 2.05) is 38.1 Å². The molecule has 1 aliphatic rings. The number of nitrogens with zero attached hydrogens (tertiary/aromatic N) is 2. The van der Waals surface area contributed by atoms with Crippen LogP contribution in [0.1, 0.15) is 40.7 Å². The van der Waals surface area contributed by atoms with Crippen LogP contribution in [0.2, 0.25) is 0 Å². The first-order chi connectivity index (χ1) is 13.4. The molecule has 4 rings (SSSR count). The number of nitrogens with two attached hydrogens (primary N) is 1. The first-order valence-electron chi connectivity index (χ1n) is 9.46. The molecule has 4 N–H and O–H groups in total. The number of aromatic nitrogens is 1. The van der Waals surface area contributed by atoms with E-state index < -0.39 is 0 Å². The number of hydrogen-bond donors (Lipinski definition) is 3. The van der Waals surface area contributed by atoms with Crippen LogP contribution in [0.15, 0.2) is 24.3 Å². The minimum Gasteiger partial charge on any atom is -0.507 e. The van der Waals surface area contributed by atoms with Crippen LogP contribution in [0.5, 0.6) is 5.75 Å². The monoisotopic (exact) mass is 370 g/mol. The highest BCUT2D eigenvalue weighted by atomic mass is 16.3. The van der Waals surface area contributed by atoms with Gasteiger partial charge in [0.15, 0.2) is 0 Å². The van der Waals surface area contributed by atoms with Crippen molar-refractivity contribution >= 4 is 22.3 Å². The van der Waals surface area contributed by atoms with Gasteiger partial charge in [0.1, 0.15) is 17.5 Å². The van der Waals surface area contributed by atoms with Gasteiger partial charge in [-0.25, -0.2) is 4.98 Å². The lowest BCUT2D eigenvalue weighted by Gasteiger charge is -2.23. The van der Waals surface area contributed by atoms with Crippen molar-refractivity contribution in [3.63, 3.8) is 0 Å². The largest absolute Gasteiger partial charge is 0.507 e. The van der Waals surface area contributed by atoms with Crippen LogP contribution in [0.3, 0.4) is 0 Å². The molecular formula is C23H22N4O. The fourth-order valence-corrected chi connectivity index (χ4v) is 4.29. The van der Waals surface area contributed by atoms with Crippen LogP contribution in [-0.2, 0) is 12.8 Å². The molecule has 0 amide bonds. The number of aromatic hydroxyl groups is 1. The Labute approximate surface area is 164 Å². The first-order valence-corrected chi connectivity index (χ1v) is 9.46. The molecule has 28 heavy (non-hydrogen) atoms. The summed E-state index contributed by atoms with van der Waals surface area (Å²) in [4.78, 5) is 4.95. The molecule has 2 aromatic carbocycles. The Balaban J connectivity index is 2.10. The average Bonchev–Trinajstić information content (AvgIpc) is 2.70. The summed E-state index contributed by atoms with van der Waals surface area (Å²) in [6, 6.07) is 9.48. The molecule has 3 aromatic rings. The predicted molar refractivity (Wildman–Crippen MR) is 112 cm³/mol. The normalized spacial score (nSPS) is 13.2. The van der Waals surface area contributed by atoms with E-state index in [4.69, 9.17) is 16.1 Å². The number of nitriles is 1. The summed E-state index contributed by atoms with van der Waals surface area (Å²) in [5.41, 5.74) is 13.6. The summed E-state index contributed by atoms with van der Waals surface area (Å²) < 4.78 is 0. The molecule has 1 aliphatic carbocycles. The van der Waals surface area contributed by atoms with Crippen LogP contribution >= 0.6 is 0 Å². The Kier molecular flexibility index (Phi) is 4.27. The van der Waals surface area contributed by atoms with Crippen molar-refractivity contribution in [2.24, 2.45) is 0 Å². The molecule has 0 radical (unpaired) electrons. The third-order valence-corrected chi connectivity index (χ3v) is 5.63. The summed E-state index contributed by atoms with van der Waals surface area (Å²) in [5, 5.41) is 28.4. The van der Waals surface area contributed by atoms with Gasteiger partial charge in [-0.15, -0.1) is 0 Å². The minimum atomic E-state index is -0.123. The Morgan fingerprint density at radius 1 is 1.14 bits per heavy atom. The van der Waals surface area contributed by atoms with Gasteiger partial charge >= 0.3 is 0 Å². The second kappa shape index (κ2) is 6.65. The van der Waals surface area contributed by atoms with E-state index in [9.17, 15) is 10.4 Å². The van der Waals surface area contributed by atoms with Crippen LogP contribution in [-0.4, -0.2) is 15.8 Å². The quantitative estimate of drug-likeness (QED) is 0.453. The van der Waals surface area contributed by atoms with Crippen molar-refractivity contribution in [1.82, 2.24) is 4.98 Å². The van der Waals surface area contributed by atoms with E-state index in [0.717, 1.165) is 64.5 Å². The topological polar surface area (TPSA) is 107 Å². The van der Waals surface area contributed by atoms with E-state index >= 15 is 0 Å². The lowest BCUT2D eigenvalue weighted by molar-refractivity contribution is 0.467. The van der Waals surface area contributed by atoms with Crippen molar-refractivity contribution in [3.05, 3.63) is 52.1 Å². The van der Waals surface area contributed by atoms with E-state index in [2.05, 4.69) is 0 Å². The number of pyridine rings is 1. The highest BCUT2D eigenvalue weighted by Gasteiger charge is 2.23. The molecule has 0 fully saturated rings. The van der Waals surface area contributed by atoms with E-state index in [0.29, 0.717) is 17.0 Å². The summed E-state index contributed by atoms with van der Waals surface area (Å²) in [5.74, 6) is 0.316. The zero-order valence-electron chi connectivity index (χ0n) is 16.1. The van der Waals surface area contributed by atoms with Gasteiger partial charge in [0.2, 0.25) is 0 Å². The van der Waals surface area contributed by atoms with Gasteiger partial charge in [-0.1, -0.05) is 0 Å². The van der Waals surface area contributed by atoms with Gasteiger partial charge in [-0.2, -0.15) is 5.26 Å². The minimum absolute atomic E-state index is 0.123. The van der Waals surface area contributed by atoms with E-state index in [1.54, 1.807) is 6.07 Å². The number of fused-ring (bicyclic) bond motifs is 3. The lowest BCUT2D eigenvalue weighted by Crippen LogP contribution is -2.11. The number of hydrogen-bond acceptors (Lipinski definition) is 5. The molecule has 5 nitrogen and oxygen atoms in total. The smallest absolute Gasteiger partial charge is 0.142 e. The van der Waals surface area contributed by atoms with Crippen molar-refractivity contribution in [3.8, 4) is 23.1 Å².